The Morgan fingerprint density at radius 1 is 1.06 bits per heavy atom. The first kappa shape index (κ1) is 24.5. The number of aliphatic hydroxyl groups excluding tert-OH is 1. The predicted molar refractivity (Wildman–Crippen MR) is 128 cm³/mol. The molecule has 2 aromatic carbocycles. The van der Waals surface area contributed by atoms with E-state index in [0.29, 0.717) is 27.7 Å². The molecule has 1 amide bonds. The number of nitrogens with one attached hydrogen (secondary N) is 2. The number of carbonyl (C=O) groups is 1. The van der Waals surface area contributed by atoms with Crippen LogP contribution in [-0.2, 0) is 16.6 Å². The number of carbonyl (C=O) groups excluding carboxylic acids is 1. The van der Waals surface area contributed by atoms with Crippen molar-refractivity contribution in [2.75, 3.05) is 6.61 Å². The first-order valence-electron chi connectivity index (χ1n) is 10.7. The van der Waals surface area contributed by atoms with Gasteiger partial charge < -0.3 is 10.4 Å². The molecular weight excluding hydrogens is 473 g/mol. The van der Waals surface area contributed by atoms with Gasteiger partial charge in [-0.15, -0.1) is 0 Å². The van der Waals surface area contributed by atoms with Crippen LogP contribution < -0.4 is 10.0 Å². The molecule has 0 saturated carbocycles. The number of halogens is 1. The molecule has 0 bridgehead atoms. The van der Waals surface area contributed by atoms with Crippen molar-refractivity contribution in [3.8, 4) is 5.69 Å². The number of pyridine rings is 1. The van der Waals surface area contributed by atoms with E-state index in [-0.39, 0.29) is 29.8 Å². The maximum atomic E-state index is 13.3. The molecule has 2 aromatic heterocycles. The molecule has 0 unspecified atom stereocenters. The third-order valence-corrected chi connectivity index (χ3v) is 7.02. The summed E-state index contributed by atoms with van der Waals surface area (Å²) < 4.78 is 42.3. The van der Waals surface area contributed by atoms with Crippen LogP contribution in [0.2, 0.25) is 0 Å². The largest absolute Gasteiger partial charge is 0.394 e. The Hall–Kier alpha value is -3.67. The summed E-state index contributed by atoms with van der Waals surface area (Å²) in [4.78, 5) is 17.1. The van der Waals surface area contributed by atoms with Gasteiger partial charge in [-0.05, 0) is 55.8 Å². The fourth-order valence-corrected chi connectivity index (χ4v) is 4.83. The summed E-state index contributed by atoms with van der Waals surface area (Å²) in [5.74, 6) is -0.732. The molecule has 4 aromatic rings. The van der Waals surface area contributed by atoms with Gasteiger partial charge in [0.15, 0.2) is 0 Å². The van der Waals surface area contributed by atoms with E-state index in [9.17, 15) is 22.7 Å². The number of fused-ring (bicyclic) bond motifs is 1. The van der Waals surface area contributed by atoms with Crippen molar-refractivity contribution < 1.29 is 22.7 Å². The van der Waals surface area contributed by atoms with Gasteiger partial charge >= 0.3 is 0 Å². The zero-order valence-corrected chi connectivity index (χ0v) is 19.9. The van der Waals surface area contributed by atoms with E-state index in [2.05, 4.69) is 20.1 Å². The SMILES string of the molecule is CC(C)(CO)NS(=O)(=O)c1ccc(CNC(=O)c2cncc3c2cnn3-c2ccc(F)cc2)cc1. The van der Waals surface area contributed by atoms with Crippen molar-refractivity contribution in [3.63, 3.8) is 0 Å². The van der Waals surface area contributed by atoms with Crippen LogP contribution >= 0.6 is 0 Å². The van der Waals surface area contributed by atoms with Crippen LogP contribution in [-0.4, -0.2) is 46.3 Å². The minimum absolute atomic E-state index is 0.0521. The van der Waals surface area contributed by atoms with Gasteiger partial charge in [-0.2, -0.15) is 5.10 Å². The van der Waals surface area contributed by atoms with E-state index in [1.165, 1.54) is 30.5 Å². The second-order valence-corrected chi connectivity index (χ2v) is 10.3. The van der Waals surface area contributed by atoms with Gasteiger partial charge in [-0.1, -0.05) is 12.1 Å². The molecule has 0 spiro atoms. The van der Waals surface area contributed by atoms with Crippen LogP contribution in [0.1, 0.15) is 29.8 Å². The Labute approximate surface area is 201 Å². The highest BCUT2D eigenvalue weighted by molar-refractivity contribution is 7.89. The molecule has 182 valence electrons. The molecule has 3 N–H and O–H groups in total. The number of hydrogen-bond acceptors (Lipinski definition) is 6. The van der Waals surface area contributed by atoms with Crippen molar-refractivity contribution in [2.24, 2.45) is 0 Å². The maximum Gasteiger partial charge on any atom is 0.253 e. The van der Waals surface area contributed by atoms with Crippen LogP contribution in [0.4, 0.5) is 4.39 Å². The van der Waals surface area contributed by atoms with Gasteiger partial charge in [0, 0.05) is 18.1 Å². The molecule has 0 aliphatic heterocycles. The van der Waals surface area contributed by atoms with E-state index >= 15 is 0 Å². The number of hydrogen-bond donors (Lipinski definition) is 3. The average Bonchev–Trinajstić information content (AvgIpc) is 3.27. The van der Waals surface area contributed by atoms with Crippen molar-refractivity contribution in [1.82, 2.24) is 24.8 Å². The van der Waals surface area contributed by atoms with E-state index in [1.54, 1.807) is 55.2 Å². The van der Waals surface area contributed by atoms with E-state index < -0.39 is 15.6 Å². The van der Waals surface area contributed by atoms with E-state index in [0.717, 1.165) is 0 Å². The fourth-order valence-electron chi connectivity index (χ4n) is 3.43. The molecule has 0 aliphatic rings. The van der Waals surface area contributed by atoms with Gasteiger partial charge in [0.25, 0.3) is 5.91 Å². The molecular formula is C24H24FN5O4S. The monoisotopic (exact) mass is 497 g/mol. The molecule has 2 heterocycles. The number of nitrogens with zero attached hydrogens (tertiary/aromatic N) is 3. The summed E-state index contributed by atoms with van der Waals surface area (Å²) in [7, 11) is -3.80. The minimum atomic E-state index is -3.80. The smallest absolute Gasteiger partial charge is 0.253 e. The van der Waals surface area contributed by atoms with Crippen LogP contribution in [0.15, 0.2) is 72.0 Å². The molecule has 9 nitrogen and oxygen atoms in total. The first-order valence-corrected chi connectivity index (χ1v) is 12.2. The Morgan fingerprint density at radius 2 is 1.74 bits per heavy atom. The molecule has 0 radical (unpaired) electrons. The number of rotatable bonds is 8. The third-order valence-electron chi connectivity index (χ3n) is 5.31. The molecule has 0 saturated heterocycles. The first-order chi connectivity index (χ1) is 16.6. The van der Waals surface area contributed by atoms with Gasteiger partial charge in [-0.25, -0.2) is 22.2 Å². The third kappa shape index (κ3) is 5.37. The van der Waals surface area contributed by atoms with Crippen LogP contribution in [0.5, 0.6) is 0 Å². The zero-order valence-electron chi connectivity index (χ0n) is 19.1. The molecule has 4 rings (SSSR count). The van der Waals surface area contributed by atoms with Gasteiger partial charge in [0.2, 0.25) is 10.0 Å². The van der Waals surface area contributed by atoms with Crippen LogP contribution in [0.25, 0.3) is 16.6 Å². The number of aliphatic hydroxyl groups is 1. The lowest BCUT2D eigenvalue weighted by atomic mass is 10.1. The Balaban J connectivity index is 1.48. The lowest BCUT2D eigenvalue weighted by molar-refractivity contribution is 0.0952. The highest BCUT2D eigenvalue weighted by Crippen LogP contribution is 2.21. The standard InChI is InChI=1S/C24H24FN5O4S/c1-24(2,15-31)29-35(33,34)19-9-3-16(4-10-19)11-27-23(32)21-12-26-14-22-20(21)13-28-30(22)18-7-5-17(25)6-8-18/h3-10,12-14,29,31H,11,15H2,1-2H3,(H,27,32). The van der Waals surface area contributed by atoms with Gasteiger partial charge in [0.05, 0.1) is 46.2 Å². The Morgan fingerprint density at radius 3 is 2.40 bits per heavy atom. The number of aromatic nitrogens is 3. The minimum Gasteiger partial charge on any atom is -0.394 e. The molecule has 0 fully saturated rings. The van der Waals surface area contributed by atoms with E-state index in [4.69, 9.17) is 0 Å². The summed E-state index contributed by atoms with van der Waals surface area (Å²) in [6, 6.07) is 11.9. The normalized spacial score (nSPS) is 12.1. The summed E-state index contributed by atoms with van der Waals surface area (Å²) in [6.07, 6.45) is 4.57. The number of amides is 1. The Bertz CT molecular complexity index is 1470. The quantitative estimate of drug-likeness (QED) is 0.344. The number of sulfonamides is 1. The molecule has 11 heteroatoms. The van der Waals surface area contributed by atoms with Crippen LogP contribution in [0.3, 0.4) is 0 Å². The Kier molecular flexibility index (Phi) is 6.66. The summed E-state index contributed by atoms with van der Waals surface area (Å²) in [5, 5.41) is 17.0. The van der Waals surface area contributed by atoms with Gasteiger partial charge in [0.1, 0.15) is 5.82 Å². The second-order valence-electron chi connectivity index (χ2n) is 8.63. The highest BCUT2D eigenvalue weighted by atomic mass is 32.2. The van der Waals surface area contributed by atoms with Crippen molar-refractivity contribution in [3.05, 3.63) is 84.1 Å². The predicted octanol–water partition coefficient (Wildman–Crippen LogP) is 2.54. The molecule has 35 heavy (non-hydrogen) atoms. The van der Waals surface area contributed by atoms with Gasteiger partial charge in [-0.3, -0.25) is 9.78 Å². The number of benzene rings is 2. The van der Waals surface area contributed by atoms with Crippen molar-refractivity contribution >= 4 is 26.8 Å². The van der Waals surface area contributed by atoms with Crippen molar-refractivity contribution in [1.29, 1.82) is 0 Å². The summed E-state index contributed by atoms with van der Waals surface area (Å²) in [6.45, 7) is 2.97. The average molecular weight is 498 g/mol. The zero-order chi connectivity index (χ0) is 25.2. The lowest BCUT2D eigenvalue weighted by Gasteiger charge is -2.23. The second kappa shape index (κ2) is 9.53. The maximum absolute atomic E-state index is 13.3. The highest BCUT2D eigenvalue weighted by Gasteiger charge is 2.25. The van der Waals surface area contributed by atoms with E-state index in [1.807, 2.05) is 0 Å². The topological polar surface area (TPSA) is 126 Å². The van der Waals surface area contributed by atoms with Crippen molar-refractivity contribution in [2.45, 2.75) is 30.8 Å². The lowest BCUT2D eigenvalue weighted by Crippen LogP contribution is -2.46. The molecule has 0 aliphatic carbocycles. The molecule has 0 atom stereocenters. The van der Waals surface area contributed by atoms with Crippen LogP contribution in [0, 0.1) is 5.82 Å². The summed E-state index contributed by atoms with van der Waals surface area (Å²) >= 11 is 0. The summed E-state index contributed by atoms with van der Waals surface area (Å²) in [5.41, 5.74) is 1.25. The fraction of sp³-hybridized carbons (Fsp3) is 0.208.